The number of nitrogens with one attached hydrogen (secondary N) is 2. The molecule has 0 radical (unpaired) electrons. The number of rotatable bonds is 4. The van der Waals surface area contributed by atoms with Gasteiger partial charge < -0.3 is 10.3 Å². The van der Waals surface area contributed by atoms with Crippen LogP contribution in [0.5, 0.6) is 0 Å². The molecule has 0 amide bonds. The molecule has 0 bridgehead atoms. The van der Waals surface area contributed by atoms with E-state index in [2.05, 4.69) is 20.3 Å². The van der Waals surface area contributed by atoms with Gasteiger partial charge in [0.15, 0.2) is 0 Å². The molecule has 0 saturated heterocycles. The number of imidazole rings is 1. The number of aromatic nitrogens is 3. The van der Waals surface area contributed by atoms with E-state index in [9.17, 15) is 0 Å². The molecule has 2 heterocycles. The molecule has 3 rings (SSSR count). The van der Waals surface area contributed by atoms with E-state index in [-0.39, 0.29) is 0 Å². The molecule has 82 valence electrons. The van der Waals surface area contributed by atoms with Gasteiger partial charge in [0.05, 0.1) is 0 Å². The molecule has 4 heteroatoms. The number of hydrogen-bond donors (Lipinski definition) is 2. The predicted octanol–water partition coefficient (Wildman–Crippen LogP) is 1.72. The zero-order valence-corrected chi connectivity index (χ0v) is 8.98. The second-order valence-corrected chi connectivity index (χ2v) is 4.15. The number of aromatic amines is 1. The van der Waals surface area contributed by atoms with E-state index < -0.39 is 0 Å². The summed E-state index contributed by atoms with van der Waals surface area (Å²) in [6.07, 6.45) is 8.09. The molecular formula is C12H14N4. The van der Waals surface area contributed by atoms with Crippen LogP contribution in [-0.2, 0) is 6.54 Å². The molecule has 0 spiro atoms. The van der Waals surface area contributed by atoms with Gasteiger partial charge in [0.1, 0.15) is 5.82 Å². The molecule has 16 heavy (non-hydrogen) atoms. The summed E-state index contributed by atoms with van der Waals surface area (Å²) in [6, 6.07) is 4.65. The zero-order valence-electron chi connectivity index (χ0n) is 8.98. The molecule has 2 aromatic rings. The number of pyridine rings is 1. The predicted molar refractivity (Wildman–Crippen MR) is 61.7 cm³/mol. The van der Waals surface area contributed by atoms with E-state index in [1.807, 2.05) is 24.5 Å². The van der Waals surface area contributed by atoms with Crippen molar-refractivity contribution in [2.45, 2.75) is 25.4 Å². The lowest BCUT2D eigenvalue weighted by molar-refractivity contribution is 0.677. The maximum atomic E-state index is 4.35. The first-order chi connectivity index (χ1) is 7.92. The molecule has 0 aliphatic heterocycles. The lowest BCUT2D eigenvalue weighted by atomic mass is 10.3. The molecule has 1 aliphatic rings. The van der Waals surface area contributed by atoms with Crippen molar-refractivity contribution in [3.8, 4) is 11.4 Å². The Bertz CT molecular complexity index is 459. The quantitative estimate of drug-likeness (QED) is 0.814. The van der Waals surface area contributed by atoms with Gasteiger partial charge in [-0.3, -0.25) is 4.98 Å². The van der Waals surface area contributed by atoms with Gasteiger partial charge in [0.25, 0.3) is 0 Å². The van der Waals surface area contributed by atoms with Crippen LogP contribution in [0, 0.1) is 0 Å². The third-order valence-corrected chi connectivity index (χ3v) is 2.72. The summed E-state index contributed by atoms with van der Waals surface area (Å²) in [7, 11) is 0. The fraction of sp³-hybridized carbons (Fsp3) is 0.333. The molecule has 0 unspecified atom stereocenters. The molecule has 2 aromatic heterocycles. The molecule has 4 nitrogen and oxygen atoms in total. The van der Waals surface area contributed by atoms with Crippen LogP contribution in [0.1, 0.15) is 18.5 Å². The van der Waals surface area contributed by atoms with Gasteiger partial charge in [-0.15, -0.1) is 0 Å². The van der Waals surface area contributed by atoms with Crippen molar-refractivity contribution in [3.05, 3.63) is 36.4 Å². The summed E-state index contributed by atoms with van der Waals surface area (Å²) in [5.41, 5.74) is 2.16. The minimum absolute atomic E-state index is 0.727. The Kier molecular flexibility index (Phi) is 2.42. The number of nitrogens with zero attached hydrogens (tertiary/aromatic N) is 2. The van der Waals surface area contributed by atoms with Crippen molar-refractivity contribution in [2.24, 2.45) is 0 Å². The summed E-state index contributed by atoms with van der Waals surface area (Å²) >= 11 is 0. The monoisotopic (exact) mass is 214 g/mol. The fourth-order valence-electron chi connectivity index (χ4n) is 1.64. The van der Waals surface area contributed by atoms with Crippen molar-refractivity contribution in [1.29, 1.82) is 0 Å². The maximum Gasteiger partial charge on any atom is 0.139 e. The highest BCUT2D eigenvalue weighted by Crippen LogP contribution is 2.19. The van der Waals surface area contributed by atoms with Crippen molar-refractivity contribution in [3.63, 3.8) is 0 Å². The minimum atomic E-state index is 0.727. The lowest BCUT2D eigenvalue weighted by Crippen LogP contribution is -2.15. The van der Waals surface area contributed by atoms with Gasteiger partial charge in [0, 0.05) is 42.4 Å². The summed E-state index contributed by atoms with van der Waals surface area (Å²) in [5.74, 6) is 0.890. The van der Waals surface area contributed by atoms with E-state index in [0.29, 0.717) is 0 Å². The Morgan fingerprint density at radius 2 is 2.31 bits per heavy atom. The Labute approximate surface area is 94.1 Å². The van der Waals surface area contributed by atoms with Crippen molar-refractivity contribution in [1.82, 2.24) is 20.3 Å². The van der Waals surface area contributed by atoms with Crippen LogP contribution in [0.2, 0.25) is 0 Å². The van der Waals surface area contributed by atoms with E-state index in [4.69, 9.17) is 0 Å². The van der Waals surface area contributed by atoms with E-state index >= 15 is 0 Å². The highest BCUT2D eigenvalue weighted by Gasteiger charge is 2.20. The van der Waals surface area contributed by atoms with Crippen LogP contribution in [0.15, 0.2) is 30.7 Å². The van der Waals surface area contributed by atoms with Gasteiger partial charge in [-0.2, -0.15) is 0 Å². The molecule has 1 fully saturated rings. The van der Waals surface area contributed by atoms with Gasteiger partial charge >= 0.3 is 0 Å². The average Bonchev–Trinajstić information content (AvgIpc) is 3.05. The molecule has 0 atom stereocenters. The highest BCUT2D eigenvalue weighted by molar-refractivity contribution is 5.53. The molecule has 0 aromatic carbocycles. The smallest absolute Gasteiger partial charge is 0.139 e. The largest absolute Gasteiger partial charge is 0.341 e. The number of H-pyrrole nitrogens is 1. The van der Waals surface area contributed by atoms with Gasteiger partial charge in [-0.1, -0.05) is 0 Å². The van der Waals surface area contributed by atoms with Crippen molar-refractivity contribution >= 4 is 0 Å². The standard InChI is InChI=1S/C12H14N4/c1-2-9(6-13-5-1)12-15-8-11(16-12)7-14-10-3-4-10/h1-2,5-6,8,10,14H,3-4,7H2,(H,15,16). The van der Waals surface area contributed by atoms with Crippen molar-refractivity contribution < 1.29 is 0 Å². The molecular weight excluding hydrogens is 200 g/mol. The summed E-state index contributed by atoms with van der Waals surface area (Å²) in [6.45, 7) is 0.873. The van der Waals surface area contributed by atoms with E-state index in [0.717, 1.165) is 29.7 Å². The lowest BCUT2D eigenvalue weighted by Gasteiger charge is -1.98. The fourth-order valence-corrected chi connectivity index (χ4v) is 1.64. The third-order valence-electron chi connectivity index (χ3n) is 2.72. The first kappa shape index (κ1) is 9.54. The third kappa shape index (κ3) is 2.12. The Hall–Kier alpha value is -1.68. The van der Waals surface area contributed by atoms with Crippen LogP contribution >= 0.6 is 0 Å². The first-order valence-corrected chi connectivity index (χ1v) is 5.59. The molecule has 2 N–H and O–H groups in total. The van der Waals surface area contributed by atoms with Gasteiger partial charge in [-0.25, -0.2) is 4.98 Å². The Morgan fingerprint density at radius 3 is 3.06 bits per heavy atom. The van der Waals surface area contributed by atoms with Gasteiger partial charge in [-0.05, 0) is 25.0 Å². The molecule has 1 saturated carbocycles. The highest BCUT2D eigenvalue weighted by atomic mass is 15.0. The summed E-state index contributed by atoms with van der Waals surface area (Å²) in [5, 5.41) is 3.45. The van der Waals surface area contributed by atoms with Crippen LogP contribution in [0.25, 0.3) is 11.4 Å². The van der Waals surface area contributed by atoms with Crippen LogP contribution in [-0.4, -0.2) is 21.0 Å². The number of hydrogen-bond acceptors (Lipinski definition) is 3. The van der Waals surface area contributed by atoms with Crippen LogP contribution < -0.4 is 5.32 Å². The minimum Gasteiger partial charge on any atom is -0.341 e. The summed E-state index contributed by atoms with van der Waals surface area (Å²) < 4.78 is 0. The Balaban J connectivity index is 1.71. The first-order valence-electron chi connectivity index (χ1n) is 5.59. The summed E-state index contributed by atoms with van der Waals surface area (Å²) in [4.78, 5) is 11.7. The maximum absolute atomic E-state index is 4.35. The van der Waals surface area contributed by atoms with Crippen LogP contribution in [0.4, 0.5) is 0 Å². The SMILES string of the molecule is c1cncc(-c2ncc(CNC3CC3)[nH]2)c1. The normalized spacial score (nSPS) is 15.2. The van der Waals surface area contributed by atoms with Crippen molar-refractivity contribution in [2.75, 3.05) is 0 Å². The second kappa shape index (κ2) is 4.06. The van der Waals surface area contributed by atoms with E-state index in [1.165, 1.54) is 12.8 Å². The molecule has 1 aliphatic carbocycles. The van der Waals surface area contributed by atoms with Crippen LogP contribution in [0.3, 0.4) is 0 Å². The Morgan fingerprint density at radius 1 is 1.38 bits per heavy atom. The average molecular weight is 214 g/mol. The van der Waals surface area contributed by atoms with E-state index in [1.54, 1.807) is 6.20 Å². The topological polar surface area (TPSA) is 53.6 Å². The zero-order chi connectivity index (χ0) is 10.8. The second-order valence-electron chi connectivity index (χ2n) is 4.15. The van der Waals surface area contributed by atoms with Gasteiger partial charge in [0.2, 0.25) is 0 Å².